The van der Waals surface area contributed by atoms with Crippen molar-refractivity contribution in [2.24, 2.45) is 0 Å². The largest absolute Gasteiger partial charge is 0.323 e. The molecule has 0 amide bonds. The molecule has 0 saturated carbocycles. The Kier molecular flexibility index (Phi) is 955. The van der Waals surface area contributed by atoms with E-state index in [0.717, 1.165) is 0 Å². The zero-order valence-corrected chi connectivity index (χ0v) is 5.65. The standard InChI is InChI=1S/C2H7N.C2H6.C2H2/c1-3-2;2*1-2/h3H,1-2H3;1-2H3;1-2H. The molecule has 0 fully saturated rings. The Morgan fingerprint density at radius 1 is 1.00 bits per heavy atom. The third kappa shape index (κ3) is 297. The van der Waals surface area contributed by atoms with Crippen LogP contribution in [0.3, 0.4) is 0 Å². The van der Waals surface area contributed by atoms with Gasteiger partial charge in [0.15, 0.2) is 0 Å². The van der Waals surface area contributed by atoms with Gasteiger partial charge < -0.3 is 5.32 Å². The van der Waals surface area contributed by atoms with Crippen LogP contribution in [-0.2, 0) is 0 Å². The first kappa shape index (κ1) is 16.0. The number of hydrogen-bond acceptors (Lipinski definition) is 1. The summed E-state index contributed by atoms with van der Waals surface area (Å²) in [5.74, 6) is 0. The van der Waals surface area contributed by atoms with E-state index in [-0.39, 0.29) is 0 Å². The molecule has 0 aliphatic heterocycles. The molecule has 7 heavy (non-hydrogen) atoms. The van der Waals surface area contributed by atoms with Gasteiger partial charge in [-0.2, -0.15) is 0 Å². The van der Waals surface area contributed by atoms with E-state index >= 15 is 0 Å². The van der Waals surface area contributed by atoms with Gasteiger partial charge in [-0.3, -0.25) is 0 Å². The van der Waals surface area contributed by atoms with E-state index in [9.17, 15) is 0 Å². The van der Waals surface area contributed by atoms with E-state index in [1.165, 1.54) is 0 Å². The molecule has 0 bridgehead atoms. The first-order valence-corrected chi connectivity index (χ1v) is 2.33. The lowest BCUT2D eigenvalue weighted by atomic mass is 11.0. The van der Waals surface area contributed by atoms with Crippen molar-refractivity contribution in [3.8, 4) is 12.8 Å². The van der Waals surface area contributed by atoms with Gasteiger partial charge in [0.2, 0.25) is 0 Å². The Labute approximate surface area is 47.1 Å². The van der Waals surface area contributed by atoms with Crippen molar-refractivity contribution in [3.63, 3.8) is 0 Å². The van der Waals surface area contributed by atoms with Crippen LogP contribution in [0.2, 0.25) is 0 Å². The van der Waals surface area contributed by atoms with Gasteiger partial charge in [0.1, 0.15) is 0 Å². The quantitative estimate of drug-likeness (QED) is 0.451. The zero-order valence-electron chi connectivity index (χ0n) is 5.65. The van der Waals surface area contributed by atoms with E-state index in [2.05, 4.69) is 18.2 Å². The highest BCUT2D eigenvalue weighted by Crippen LogP contribution is 1.14. The van der Waals surface area contributed by atoms with Crippen molar-refractivity contribution in [2.45, 2.75) is 13.8 Å². The van der Waals surface area contributed by atoms with Crippen molar-refractivity contribution in [2.75, 3.05) is 14.1 Å². The van der Waals surface area contributed by atoms with E-state index < -0.39 is 0 Å². The van der Waals surface area contributed by atoms with Crippen molar-refractivity contribution < 1.29 is 0 Å². The maximum absolute atomic E-state index is 4.00. The normalized spacial score (nSPS) is 3.71. The molecule has 0 aromatic heterocycles. The summed E-state index contributed by atoms with van der Waals surface area (Å²) in [6, 6.07) is 0. The summed E-state index contributed by atoms with van der Waals surface area (Å²) in [5, 5.41) is 2.75. The second-order valence-electron chi connectivity index (χ2n) is 0.500. The third-order valence-corrected chi connectivity index (χ3v) is 0. The number of rotatable bonds is 0. The molecule has 0 aromatic carbocycles. The minimum atomic E-state index is 1.88. The van der Waals surface area contributed by atoms with E-state index in [1.54, 1.807) is 0 Å². The molecule has 0 spiro atoms. The summed E-state index contributed by atoms with van der Waals surface area (Å²) in [5.41, 5.74) is 0. The summed E-state index contributed by atoms with van der Waals surface area (Å²) in [4.78, 5) is 0. The Bertz CT molecular complexity index is 15.4. The molecule has 44 valence electrons. The predicted molar refractivity (Wildman–Crippen MR) is 36.2 cm³/mol. The molecule has 0 saturated heterocycles. The molecule has 0 aromatic rings. The number of hydrogen-bond donors (Lipinski definition) is 1. The van der Waals surface area contributed by atoms with Crippen LogP contribution in [0.25, 0.3) is 0 Å². The van der Waals surface area contributed by atoms with E-state index in [1.807, 2.05) is 27.9 Å². The second-order valence-corrected chi connectivity index (χ2v) is 0.500. The average Bonchev–Trinajstić information content (AvgIpc) is 1.78. The summed E-state index contributed by atoms with van der Waals surface area (Å²) < 4.78 is 0. The third-order valence-electron chi connectivity index (χ3n) is 0. The monoisotopic (exact) mass is 101 g/mol. The molecular formula is C6H15N. The van der Waals surface area contributed by atoms with Crippen LogP contribution in [0.4, 0.5) is 0 Å². The maximum Gasteiger partial charge on any atom is -0.0167 e. The second kappa shape index (κ2) is 417. The summed E-state index contributed by atoms with van der Waals surface area (Å²) in [6.07, 6.45) is 8.00. The lowest BCUT2D eigenvalue weighted by Crippen LogP contribution is -1.89. The van der Waals surface area contributed by atoms with Gasteiger partial charge in [0.05, 0.1) is 0 Å². The van der Waals surface area contributed by atoms with Crippen LogP contribution in [0.5, 0.6) is 0 Å². The Balaban J connectivity index is -0.0000000360. The molecule has 0 aliphatic rings. The van der Waals surface area contributed by atoms with E-state index in [0.29, 0.717) is 0 Å². The van der Waals surface area contributed by atoms with Gasteiger partial charge in [-0.15, -0.1) is 12.8 Å². The maximum atomic E-state index is 4.00. The molecule has 0 heterocycles. The fourth-order valence-corrected chi connectivity index (χ4v) is 0. The highest BCUT2D eigenvalue weighted by Gasteiger charge is 1.25. The highest BCUT2D eigenvalue weighted by atomic mass is 14.7. The van der Waals surface area contributed by atoms with Crippen LogP contribution in [0.15, 0.2) is 0 Å². The minimum Gasteiger partial charge on any atom is -0.323 e. The summed E-state index contributed by atoms with van der Waals surface area (Å²) in [6.45, 7) is 4.00. The topological polar surface area (TPSA) is 12.0 Å². The first-order valence-electron chi connectivity index (χ1n) is 2.33. The average molecular weight is 101 g/mol. The minimum absolute atomic E-state index is 1.88. The fourth-order valence-electron chi connectivity index (χ4n) is 0. The predicted octanol–water partition coefficient (Wildman–Crippen LogP) is 1.11. The van der Waals surface area contributed by atoms with Crippen LogP contribution in [-0.4, -0.2) is 14.1 Å². The first-order chi connectivity index (χ1) is 3.41. The van der Waals surface area contributed by atoms with Gasteiger partial charge >= 0.3 is 0 Å². The van der Waals surface area contributed by atoms with Crippen molar-refractivity contribution >= 4 is 0 Å². The van der Waals surface area contributed by atoms with Crippen LogP contribution in [0.1, 0.15) is 13.8 Å². The smallest absolute Gasteiger partial charge is 0.0167 e. The Morgan fingerprint density at radius 2 is 1.00 bits per heavy atom. The lowest BCUT2D eigenvalue weighted by molar-refractivity contribution is 1.02. The van der Waals surface area contributed by atoms with Gasteiger partial charge in [-0.25, -0.2) is 0 Å². The summed E-state index contributed by atoms with van der Waals surface area (Å²) >= 11 is 0. The molecule has 0 aliphatic carbocycles. The van der Waals surface area contributed by atoms with Gasteiger partial charge in [0, 0.05) is 0 Å². The van der Waals surface area contributed by atoms with Gasteiger partial charge in [0.25, 0.3) is 0 Å². The molecule has 0 atom stereocenters. The molecule has 1 nitrogen and oxygen atoms in total. The van der Waals surface area contributed by atoms with Crippen LogP contribution < -0.4 is 5.32 Å². The SMILES string of the molecule is C#C.CC.CNC. The molecule has 1 N–H and O–H groups in total. The summed E-state index contributed by atoms with van der Waals surface area (Å²) in [7, 11) is 3.75. The molecule has 0 radical (unpaired) electrons. The fraction of sp³-hybridized carbons (Fsp3) is 0.667. The highest BCUT2D eigenvalue weighted by molar-refractivity contribution is 4.47. The zero-order chi connectivity index (χ0) is 6.71. The molecule has 1 heteroatoms. The van der Waals surface area contributed by atoms with Crippen molar-refractivity contribution in [1.29, 1.82) is 0 Å². The molecule has 0 unspecified atom stereocenters. The van der Waals surface area contributed by atoms with Crippen molar-refractivity contribution in [3.05, 3.63) is 0 Å². The number of nitrogens with one attached hydrogen (secondary N) is 1. The van der Waals surface area contributed by atoms with E-state index in [4.69, 9.17) is 0 Å². The number of terminal acetylenes is 1. The molecular weight excluding hydrogens is 86.1 g/mol. The Morgan fingerprint density at radius 3 is 1.00 bits per heavy atom. The van der Waals surface area contributed by atoms with Crippen LogP contribution >= 0.6 is 0 Å². The van der Waals surface area contributed by atoms with Crippen LogP contribution in [0, 0.1) is 12.8 Å². The lowest BCUT2D eigenvalue weighted by Gasteiger charge is -1.59. The van der Waals surface area contributed by atoms with Gasteiger partial charge in [-0.1, -0.05) is 13.8 Å². The molecule has 0 rings (SSSR count). The Hall–Kier alpha value is -0.480. The van der Waals surface area contributed by atoms with Crippen molar-refractivity contribution in [1.82, 2.24) is 5.32 Å². The van der Waals surface area contributed by atoms with Gasteiger partial charge in [-0.05, 0) is 14.1 Å².